The minimum Gasteiger partial charge on any atom is -0.307 e. The Balaban J connectivity index is 2.10. The van der Waals surface area contributed by atoms with Crippen LogP contribution >= 0.6 is 27.5 Å². The van der Waals surface area contributed by atoms with Gasteiger partial charge >= 0.3 is 0 Å². The van der Waals surface area contributed by atoms with Gasteiger partial charge in [-0.2, -0.15) is 0 Å². The van der Waals surface area contributed by atoms with Crippen LogP contribution in [-0.4, -0.2) is 19.5 Å². The van der Waals surface area contributed by atoms with Gasteiger partial charge < -0.3 is 4.57 Å². The van der Waals surface area contributed by atoms with Gasteiger partial charge in [-0.05, 0) is 47.5 Å². The van der Waals surface area contributed by atoms with Crippen molar-refractivity contribution in [3.8, 4) is 0 Å². The van der Waals surface area contributed by atoms with Crippen LogP contribution in [-0.2, 0) is 6.54 Å². The van der Waals surface area contributed by atoms with E-state index in [1.807, 2.05) is 36.7 Å². The second-order valence-corrected chi connectivity index (χ2v) is 6.55. The molecule has 0 spiro atoms. The van der Waals surface area contributed by atoms with Gasteiger partial charge in [-0.15, -0.1) is 11.6 Å². The Kier molecular flexibility index (Phi) is 3.95. The lowest BCUT2D eigenvalue weighted by Gasteiger charge is -2.10. The number of halogens is 2. The lowest BCUT2D eigenvalue weighted by atomic mass is 10.2. The summed E-state index contributed by atoms with van der Waals surface area (Å²) in [6.45, 7) is 4.55. The van der Waals surface area contributed by atoms with Crippen LogP contribution in [0.4, 0.5) is 0 Å². The van der Waals surface area contributed by atoms with Crippen LogP contribution in [0.3, 0.4) is 0 Å². The van der Waals surface area contributed by atoms with Crippen molar-refractivity contribution in [2.24, 2.45) is 0 Å². The predicted molar refractivity (Wildman–Crippen MR) is 87.6 cm³/mol. The number of nitrogens with zero attached hydrogens (tertiary/aromatic N) is 4. The summed E-state index contributed by atoms with van der Waals surface area (Å²) >= 11 is 9.70. The normalized spacial score (nSPS) is 12.8. The van der Waals surface area contributed by atoms with Crippen molar-refractivity contribution in [1.82, 2.24) is 19.5 Å². The zero-order valence-corrected chi connectivity index (χ0v) is 14.1. The number of hydrogen-bond acceptors (Lipinski definition) is 3. The highest BCUT2D eigenvalue weighted by molar-refractivity contribution is 9.10. The average molecular weight is 366 g/mol. The Morgan fingerprint density at radius 1 is 1.29 bits per heavy atom. The van der Waals surface area contributed by atoms with E-state index >= 15 is 0 Å². The van der Waals surface area contributed by atoms with Gasteiger partial charge in [0, 0.05) is 22.6 Å². The summed E-state index contributed by atoms with van der Waals surface area (Å²) in [5.41, 5.74) is 3.78. The van der Waals surface area contributed by atoms with Gasteiger partial charge in [0.1, 0.15) is 11.3 Å². The molecule has 0 aromatic carbocycles. The standard InChI is InChI=1S/C15H14BrClN4/c1-9-3-4-11(6-18-9)8-21-14(10(2)17)20-13-5-12(16)7-19-15(13)21/h3-7,10H,8H2,1-2H3. The Morgan fingerprint density at radius 2 is 2.10 bits per heavy atom. The molecule has 1 unspecified atom stereocenters. The monoisotopic (exact) mass is 364 g/mol. The van der Waals surface area contributed by atoms with Gasteiger partial charge in [0.2, 0.25) is 0 Å². The molecular weight excluding hydrogens is 352 g/mol. The molecule has 0 saturated heterocycles. The van der Waals surface area contributed by atoms with Crippen molar-refractivity contribution in [1.29, 1.82) is 0 Å². The third-order valence-corrected chi connectivity index (χ3v) is 3.88. The quantitative estimate of drug-likeness (QED) is 0.652. The molecule has 0 aliphatic heterocycles. The maximum atomic E-state index is 6.27. The number of imidazole rings is 1. The van der Waals surface area contributed by atoms with Gasteiger partial charge in [-0.3, -0.25) is 4.98 Å². The molecule has 3 aromatic heterocycles. The first kappa shape index (κ1) is 14.5. The van der Waals surface area contributed by atoms with E-state index in [9.17, 15) is 0 Å². The van der Waals surface area contributed by atoms with Crippen molar-refractivity contribution >= 4 is 38.7 Å². The lowest BCUT2D eigenvalue weighted by Crippen LogP contribution is -2.07. The SMILES string of the molecule is Cc1ccc(Cn2c(C(C)Cl)nc3cc(Br)cnc32)cn1. The molecule has 0 aliphatic rings. The third-order valence-electron chi connectivity index (χ3n) is 3.25. The number of fused-ring (bicyclic) bond motifs is 1. The highest BCUT2D eigenvalue weighted by Gasteiger charge is 2.16. The first-order chi connectivity index (χ1) is 10.0. The Hall–Kier alpha value is -1.46. The molecule has 0 N–H and O–H groups in total. The van der Waals surface area contributed by atoms with Crippen LogP contribution in [0.5, 0.6) is 0 Å². The second-order valence-electron chi connectivity index (χ2n) is 4.98. The van der Waals surface area contributed by atoms with Crippen LogP contribution in [0.2, 0.25) is 0 Å². The van der Waals surface area contributed by atoms with Crippen LogP contribution in [0.15, 0.2) is 35.1 Å². The molecule has 0 saturated carbocycles. The fraction of sp³-hybridized carbons (Fsp3) is 0.267. The van der Waals surface area contributed by atoms with E-state index in [0.29, 0.717) is 6.54 Å². The molecule has 4 nitrogen and oxygen atoms in total. The molecule has 0 bridgehead atoms. The summed E-state index contributed by atoms with van der Waals surface area (Å²) in [4.78, 5) is 13.4. The number of pyridine rings is 2. The molecular formula is C15H14BrClN4. The number of alkyl halides is 1. The fourth-order valence-electron chi connectivity index (χ4n) is 2.24. The third kappa shape index (κ3) is 2.94. The first-order valence-electron chi connectivity index (χ1n) is 6.62. The smallest absolute Gasteiger partial charge is 0.160 e. The minimum atomic E-state index is -0.184. The highest BCUT2D eigenvalue weighted by atomic mass is 79.9. The molecule has 3 rings (SSSR count). The molecule has 3 aromatic rings. The van der Waals surface area contributed by atoms with E-state index in [4.69, 9.17) is 11.6 Å². The minimum absolute atomic E-state index is 0.184. The summed E-state index contributed by atoms with van der Waals surface area (Å²) in [5, 5.41) is -0.184. The van der Waals surface area contributed by atoms with Gasteiger partial charge in [-0.25, -0.2) is 9.97 Å². The molecule has 108 valence electrons. The van der Waals surface area contributed by atoms with E-state index < -0.39 is 0 Å². The maximum Gasteiger partial charge on any atom is 0.160 e. The Bertz CT molecular complexity index is 780. The number of hydrogen-bond donors (Lipinski definition) is 0. The summed E-state index contributed by atoms with van der Waals surface area (Å²) < 4.78 is 2.96. The van der Waals surface area contributed by atoms with Crippen LogP contribution < -0.4 is 0 Å². The van der Waals surface area contributed by atoms with E-state index in [1.165, 1.54) is 0 Å². The van der Waals surface area contributed by atoms with Gasteiger partial charge in [0.05, 0.1) is 11.9 Å². The van der Waals surface area contributed by atoms with Gasteiger partial charge in [-0.1, -0.05) is 6.07 Å². The average Bonchev–Trinajstić information content (AvgIpc) is 2.79. The van der Waals surface area contributed by atoms with Crippen molar-refractivity contribution in [3.63, 3.8) is 0 Å². The van der Waals surface area contributed by atoms with Crippen molar-refractivity contribution in [2.75, 3.05) is 0 Å². The van der Waals surface area contributed by atoms with E-state index in [-0.39, 0.29) is 5.38 Å². The zero-order valence-electron chi connectivity index (χ0n) is 11.7. The van der Waals surface area contributed by atoms with Gasteiger partial charge in [0.25, 0.3) is 0 Å². The summed E-state index contributed by atoms with van der Waals surface area (Å²) in [7, 11) is 0. The molecule has 0 radical (unpaired) electrons. The topological polar surface area (TPSA) is 43.6 Å². The van der Waals surface area contributed by atoms with Crippen molar-refractivity contribution in [3.05, 3.63) is 52.1 Å². The molecule has 0 amide bonds. The lowest BCUT2D eigenvalue weighted by molar-refractivity contribution is 0.733. The highest BCUT2D eigenvalue weighted by Crippen LogP contribution is 2.26. The summed E-state index contributed by atoms with van der Waals surface area (Å²) in [5.74, 6) is 0.817. The van der Waals surface area contributed by atoms with Crippen molar-refractivity contribution in [2.45, 2.75) is 25.8 Å². The van der Waals surface area contributed by atoms with Crippen LogP contribution in [0.25, 0.3) is 11.2 Å². The zero-order chi connectivity index (χ0) is 15.0. The second kappa shape index (κ2) is 5.73. The predicted octanol–water partition coefficient (Wildman–Crippen LogP) is 4.25. The molecule has 1 atom stereocenters. The van der Waals surface area contributed by atoms with E-state index in [1.54, 1.807) is 6.20 Å². The molecule has 6 heteroatoms. The van der Waals surface area contributed by atoms with Crippen LogP contribution in [0, 0.1) is 6.92 Å². The molecule has 0 aliphatic carbocycles. The van der Waals surface area contributed by atoms with E-state index in [0.717, 1.165) is 32.7 Å². The fourth-order valence-corrected chi connectivity index (χ4v) is 2.72. The maximum absolute atomic E-state index is 6.27. The number of rotatable bonds is 3. The van der Waals surface area contributed by atoms with Crippen molar-refractivity contribution < 1.29 is 0 Å². The van der Waals surface area contributed by atoms with Crippen LogP contribution in [0.1, 0.15) is 29.4 Å². The summed E-state index contributed by atoms with van der Waals surface area (Å²) in [6, 6.07) is 6.02. The molecule has 0 fully saturated rings. The number of aryl methyl sites for hydroxylation is 1. The molecule has 21 heavy (non-hydrogen) atoms. The van der Waals surface area contributed by atoms with E-state index in [2.05, 4.69) is 36.9 Å². The largest absolute Gasteiger partial charge is 0.307 e. The first-order valence-corrected chi connectivity index (χ1v) is 7.85. The number of aromatic nitrogens is 4. The van der Waals surface area contributed by atoms with Gasteiger partial charge in [0.15, 0.2) is 5.65 Å². The Morgan fingerprint density at radius 3 is 2.76 bits per heavy atom. The molecule has 3 heterocycles. The summed E-state index contributed by atoms with van der Waals surface area (Å²) in [6.07, 6.45) is 3.65. The Labute approximate surface area is 136 Å².